The van der Waals surface area contributed by atoms with E-state index in [1.807, 2.05) is 0 Å². The number of likely N-dealkylation sites (tertiary alicyclic amines) is 1. The first kappa shape index (κ1) is 16.4. The summed E-state index contributed by atoms with van der Waals surface area (Å²) < 4.78 is 10.3. The topological polar surface area (TPSA) is 97.6 Å². The first-order valence-electron chi connectivity index (χ1n) is 7.35. The molecule has 0 bridgehead atoms. The van der Waals surface area contributed by atoms with Crippen LogP contribution in [0.15, 0.2) is 4.63 Å². The first-order valence-corrected chi connectivity index (χ1v) is 7.35. The van der Waals surface area contributed by atoms with Crippen molar-refractivity contribution in [1.82, 2.24) is 20.5 Å². The molecule has 8 heteroatoms. The van der Waals surface area contributed by atoms with Crippen LogP contribution in [0.2, 0.25) is 0 Å². The van der Waals surface area contributed by atoms with Gasteiger partial charge in [-0.15, -0.1) is 0 Å². The van der Waals surface area contributed by atoms with Gasteiger partial charge >= 0.3 is 0 Å². The maximum atomic E-state index is 12.5. The van der Waals surface area contributed by atoms with Gasteiger partial charge in [0.15, 0.2) is 5.69 Å². The van der Waals surface area contributed by atoms with Gasteiger partial charge in [0.2, 0.25) is 5.91 Å². The number of aromatic nitrogens is 2. The maximum absolute atomic E-state index is 12.5. The zero-order valence-electron chi connectivity index (χ0n) is 13.2. The van der Waals surface area contributed by atoms with Crippen molar-refractivity contribution in [3.05, 3.63) is 11.4 Å². The number of aryl methyl sites for hydroxylation is 1. The highest BCUT2D eigenvalue weighted by atomic mass is 16.6. The second-order valence-electron chi connectivity index (χ2n) is 5.59. The van der Waals surface area contributed by atoms with Crippen molar-refractivity contribution < 1.29 is 19.0 Å². The van der Waals surface area contributed by atoms with E-state index < -0.39 is 5.60 Å². The molecule has 1 saturated heterocycles. The van der Waals surface area contributed by atoms with Gasteiger partial charge in [-0.1, -0.05) is 5.16 Å². The predicted octanol–water partition coefficient (Wildman–Crippen LogP) is 0.525. The van der Waals surface area contributed by atoms with Crippen LogP contribution in [0, 0.1) is 6.92 Å². The van der Waals surface area contributed by atoms with Crippen molar-refractivity contribution in [3.63, 3.8) is 0 Å². The molecule has 0 aromatic carbocycles. The van der Waals surface area contributed by atoms with Crippen LogP contribution in [0.1, 0.15) is 41.9 Å². The number of nitrogens with one attached hydrogen (secondary N) is 1. The van der Waals surface area contributed by atoms with Crippen molar-refractivity contribution >= 4 is 11.8 Å². The van der Waals surface area contributed by atoms with Gasteiger partial charge in [-0.3, -0.25) is 9.59 Å². The molecule has 1 fully saturated rings. The number of ether oxygens (including phenoxy) is 1. The summed E-state index contributed by atoms with van der Waals surface area (Å²) in [5.41, 5.74) is 0.216. The molecule has 8 nitrogen and oxygen atoms in total. The predicted molar refractivity (Wildman–Crippen MR) is 77.2 cm³/mol. The Morgan fingerprint density at radius 2 is 2.23 bits per heavy atom. The zero-order chi connectivity index (χ0) is 16.2. The van der Waals surface area contributed by atoms with E-state index in [0.29, 0.717) is 31.6 Å². The normalized spacial score (nSPS) is 21.7. The lowest BCUT2D eigenvalue weighted by atomic mass is 9.87. The van der Waals surface area contributed by atoms with Crippen LogP contribution in [0.5, 0.6) is 0 Å². The van der Waals surface area contributed by atoms with Gasteiger partial charge in [-0.05, 0) is 31.3 Å². The lowest BCUT2D eigenvalue weighted by molar-refractivity contribution is -0.123. The highest BCUT2D eigenvalue weighted by Crippen LogP contribution is 2.30. The number of hydrogen-bond acceptors (Lipinski definition) is 6. The number of piperidine rings is 1. The Morgan fingerprint density at radius 1 is 1.45 bits per heavy atom. The van der Waals surface area contributed by atoms with E-state index in [1.165, 1.54) is 0 Å². The number of nitrogens with zero attached hydrogens (tertiary/aromatic N) is 3. The fourth-order valence-electron chi connectivity index (χ4n) is 2.79. The van der Waals surface area contributed by atoms with E-state index in [2.05, 4.69) is 20.3 Å². The second-order valence-corrected chi connectivity index (χ2v) is 5.59. The quantitative estimate of drug-likeness (QED) is 0.852. The van der Waals surface area contributed by atoms with Gasteiger partial charge in [0.05, 0.1) is 12.1 Å². The molecule has 0 saturated carbocycles. The molecule has 0 aliphatic carbocycles. The van der Waals surface area contributed by atoms with Crippen molar-refractivity contribution in [1.29, 1.82) is 0 Å². The summed E-state index contributed by atoms with van der Waals surface area (Å²) in [6.45, 7) is 2.75. The Balaban J connectivity index is 2.07. The molecular weight excluding hydrogens is 288 g/mol. The Bertz CT molecular complexity index is 545. The summed E-state index contributed by atoms with van der Waals surface area (Å²) in [5, 5.41) is 9.92. The van der Waals surface area contributed by atoms with Crippen molar-refractivity contribution in [2.45, 2.75) is 38.2 Å². The van der Waals surface area contributed by atoms with Gasteiger partial charge in [-0.25, -0.2) is 4.63 Å². The van der Waals surface area contributed by atoms with Crippen LogP contribution >= 0.6 is 0 Å². The molecule has 1 aliphatic heterocycles. The summed E-state index contributed by atoms with van der Waals surface area (Å²) in [5.74, 6) is -0.240. The summed E-state index contributed by atoms with van der Waals surface area (Å²) in [6.07, 6.45) is 2.58. The summed E-state index contributed by atoms with van der Waals surface area (Å²) in [7, 11) is 3.24. The van der Waals surface area contributed by atoms with E-state index in [1.54, 1.807) is 26.0 Å². The molecular formula is C14H22N4O4. The van der Waals surface area contributed by atoms with E-state index in [4.69, 9.17) is 4.74 Å². The molecule has 1 aliphatic rings. The number of rotatable bonds is 5. The van der Waals surface area contributed by atoms with Gasteiger partial charge in [0, 0.05) is 27.1 Å². The molecule has 2 amide bonds. The third kappa shape index (κ3) is 3.44. The number of carbonyl (C=O) groups is 2. The molecule has 2 rings (SSSR count). The highest BCUT2D eigenvalue weighted by molar-refractivity contribution is 5.93. The molecule has 2 heterocycles. The molecule has 1 N–H and O–H groups in total. The smallest absolute Gasteiger partial charge is 0.278 e. The summed E-state index contributed by atoms with van der Waals surface area (Å²) >= 11 is 0. The Labute approximate surface area is 129 Å². The third-order valence-corrected chi connectivity index (χ3v) is 4.20. The van der Waals surface area contributed by atoms with Crippen molar-refractivity contribution in [2.75, 3.05) is 27.2 Å². The number of methoxy groups -OCH3 is 1. The van der Waals surface area contributed by atoms with Crippen molar-refractivity contribution in [2.24, 2.45) is 0 Å². The minimum absolute atomic E-state index is 0.0311. The standard InChI is InChI=1S/C14H22N4O4/c1-10-12(17-22-16-10)13(20)18-8-4-6-14(9-18,21-3)7-5-11(19)15-2/h4-9H2,1-3H3,(H,15,19)/t14-/m0/s1. The first-order chi connectivity index (χ1) is 10.5. The minimum atomic E-state index is -0.495. The largest absolute Gasteiger partial charge is 0.376 e. The van der Waals surface area contributed by atoms with Gasteiger partial charge in [0.25, 0.3) is 5.91 Å². The number of amides is 2. The highest BCUT2D eigenvalue weighted by Gasteiger charge is 2.38. The van der Waals surface area contributed by atoms with Crippen LogP contribution in [0.4, 0.5) is 0 Å². The van der Waals surface area contributed by atoms with Gasteiger partial charge in [-0.2, -0.15) is 0 Å². The zero-order valence-corrected chi connectivity index (χ0v) is 13.2. The fraction of sp³-hybridized carbons (Fsp3) is 0.714. The second kappa shape index (κ2) is 6.87. The number of carbonyl (C=O) groups excluding carboxylic acids is 2. The third-order valence-electron chi connectivity index (χ3n) is 4.20. The molecule has 1 aromatic heterocycles. The molecule has 1 atom stereocenters. The van der Waals surface area contributed by atoms with Crippen LogP contribution in [0.3, 0.4) is 0 Å². The maximum Gasteiger partial charge on any atom is 0.278 e. The Kier molecular flexibility index (Phi) is 5.12. The molecule has 122 valence electrons. The molecule has 22 heavy (non-hydrogen) atoms. The van der Waals surface area contributed by atoms with E-state index in [-0.39, 0.29) is 17.5 Å². The lowest BCUT2D eigenvalue weighted by Crippen LogP contribution is -2.52. The average Bonchev–Trinajstić information content (AvgIpc) is 2.98. The molecule has 0 unspecified atom stereocenters. The minimum Gasteiger partial charge on any atom is -0.376 e. The van der Waals surface area contributed by atoms with Gasteiger partial charge < -0.3 is 15.0 Å². The Hall–Kier alpha value is -1.96. The van der Waals surface area contributed by atoms with Crippen LogP contribution < -0.4 is 5.32 Å². The van der Waals surface area contributed by atoms with Crippen LogP contribution in [-0.4, -0.2) is 59.9 Å². The van der Waals surface area contributed by atoms with E-state index >= 15 is 0 Å². The van der Waals surface area contributed by atoms with E-state index in [0.717, 1.165) is 12.8 Å². The van der Waals surface area contributed by atoms with Crippen LogP contribution in [0.25, 0.3) is 0 Å². The fourth-order valence-corrected chi connectivity index (χ4v) is 2.79. The van der Waals surface area contributed by atoms with E-state index in [9.17, 15) is 9.59 Å². The van der Waals surface area contributed by atoms with Gasteiger partial charge in [0.1, 0.15) is 5.69 Å². The Morgan fingerprint density at radius 3 is 2.82 bits per heavy atom. The summed E-state index contributed by atoms with van der Waals surface area (Å²) in [4.78, 5) is 25.7. The van der Waals surface area contributed by atoms with Crippen molar-refractivity contribution in [3.8, 4) is 0 Å². The monoisotopic (exact) mass is 310 g/mol. The molecule has 0 spiro atoms. The molecule has 0 radical (unpaired) electrons. The summed E-state index contributed by atoms with van der Waals surface area (Å²) in [6, 6.07) is 0. The average molecular weight is 310 g/mol. The lowest BCUT2D eigenvalue weighted by Gasteiger charge is -2.41. The number of hydrogen-bond donors (Lipinski definition) is 1. The molecule has 1 aromatic rings. The SMILES string of the molecule is CNC(=O)CC[C@@]1(OC)CCCN(C(=O)c2nonc2C)C1. The van der Waals surface area contributed by atoms with Crippen LogP contribution in [-0.2, 0) is 9.53 Å².